The number of nitrogens with one attached hydrogen (secondary N) is 3. The second kappa shape index (κ2) is 9.06. The van der Waals surface area contributed by atoms with Gasteiger partial charge in [0.05, 0.1) is 42.7 Å². The Hall–Kier alpha value is -3.05. The van der Waals surface area contributed by atoms with E-state index in [1.807, 2.05) is 17.7 Å². The van der Waals surface area contributed by atoms with Crippen LogP contribution in [0.2, 0.25) is 5.02 Å². The molecule has 2 heterocycles. The monoisotopic (exact) mass is 491 g/mol. The van der Waals surface area contributed by atoms with Gasteiger partial charge in [0, 0.05) is 12.1 Å². The van der Waals surface area contributed by atoms with Gasteiger partial charge in [0.1, 0.15) is 16.6 Å². The number of nitrogens with zero attached hydrogens (tertiary/aromatic N) is 4. The average molecular weight is 492 g/mol. The summed E-state index contributed by atoms with van der Waals surface area (Å²) in [5.74, 6) is 2.57. The highest BCUT2D eigenvalue weighted by atomic mass is 35.5. The predicted octanol–water partition coefficient (Wildman–Crippen LogP) is 4.47. The fourth-order valence-corrected chi connectivity index (χ4v) is 4.21. The smallest absolute Gasteiger partial charge is 0.230 e. The Morgan fingerprint density at radius 2 is 1.97 bits per heavy atom. The Morgan fingerprint density at radius 1 is 1.21 bits per heavy atom. The molecule has 2 aromatic heterocycles. The number of sulfonamides is 1. The van der Waals surface area contributed by atoms with Crippen LogP contribution in [0.1, 0.15) is 31.5 Å². The van der Waals surface area contributed by atoms with Crippen molar-refractivity contribution in [3.8, 4) is 5.75 Å². The number of aromatic nitrogens is 4. The molecule has 1 atom stereocenters. The van der Waals surface area contributed by atoms with E-state index < -0.39 is 10.0 Å². The van der Waals surface area contributed by atoms with E-state index in [1.165, 1.54) is 26.1 Å². The van der Waals surface area contributed by atoms with Crippen molar-refractivity contribution in [3.05, 3.63) is 41.2 Å². The number of rotatable bonds is 9. The SMILES string of the molecule is COc1ccc(Nc2nc(Nc3cc(C)nn3C(C)C3CC3)ncc2Cl)c(NS(C)(=O)=O)c1. The molecule has 0 bridgehead atoms. The van der Waals surface area contributed by atoms with Gasteiger partial charge in [0.25, 0.3) is 0 Å². The van der Waals surface area contributed by atoms with E-state index >= 15 is 0 Å². The van der Waals surface area contributed by atoms with Crippen LogP contribution >= 0.6 is 11.6 Å². The number of methoxy groups -OCH3 is 1. The molecular weight excluding hydrogens is 466 g/mol. The van der Waals surface area contributed by atoms with E-state index in [-0.39, 0.29) is 11.1 Å². The normalized spacial score (nSPS) is 14.6. The molecule has 0 saturated heterocycles. The number of halogens is 1. The third-order valence-electron chi connectivity index (χ3n) is 5.31. The molecule has 1 fully saturated rings. The third kappa shape index (κ3) is 5.66. The lowest BCUT2D eigenvalue weighted by atomic mass is 10.2. The molecule has 1 aliphatic rings. The van der Waals surface area contributed by atoms with Crippen molar-refractivity contribution in [1.29, 1.82) is 0 Å². The van der Waals surface area contributed by atoms with E-state index in [0.717, 1.165) is 17.8 Å². The van der Waals surface area contributed by atoms with Crippen LogP contribution in [-0.2, 0) is 10.0 Å². The molecule has 1 saturated carbocycles. The van der Waals surface area contributed by atoms with Gasteiger partial charge in [-0.1, -0.05) is 11.6 Å². The third-order valence-corrected chi connectivity index (χ3v) is 6.17. The first kappa shape index (κ1) is 23.1. The van der Waals surface area contributed by atoms with Crippen molar-refractivity contribution in [2.45, 2.75) is 32.7 Å². The largest absolute Gasteiger partial charge is 0.497 e. The molecular formula is C21H26ClN7O3S. The van der Waals surface area contributed by atoms with Crippen molar-refractivity contribution in [2.75, 3.05) is 28.7 Å². The lowest BCUT2D eigenvalue weighted by Crippen LogP contribution is -2.13. The van der Waals surface area contributed by atoms with Gasteiger partial charge in [-0.3, -0.25) is 4.72 Å². The maximum Gasteiger partial charge on any atom is 0.230 e. The van der Waals surface area contributed by atoms with Crippen LogP contribution in [0, 0.1) is 12.8 Å². The van der Waals surface area contributed by atoms with Crippen LogP contribution in [0.15, 0.2) is 30.5 Å². The van der Waals surface area contributed by atoms with Crippen LogP contribution in [0.4, 0.5) is 29.0 Å². The fraction of sp³-hybridized carbons (Fsp3) is 0.381. The first-order valence-corrected chi connectivity index (χ1v) is 12.7. The van der Waals surface area contributed by atoms with Crippen molar-refractivity contribution in [3.63, 3.8) is 0 Å². The highest BCUT2D eigenvalue weighted by Gasteiger charge is 2.31. The number of anilines is 5. The van der Waals surface area contributed by atoms with Crippen molar-refractivity contribution < 1.29 is 13.2 Å². The molecule has 10 nitrogen and oxygen atoms in total. The lowest BCUT2D eigenvalue weighted by Gasteiger charge is -2.17. The summed E-state index contributed by atoms with van der Waals surface area (Å²) in [6.07, 6.45) is 4.96. The average Bonchev–Trinajstić information content (AvgIpc) is 3.53. The molecule has 1 aliphatic carbocycles. The van der Waals surface area contributed by atoms with Crippen molar-refractivity contribution >= 4 is 50.6 Å². The summed E-state index contributed by atoms with van der Waals surface area (Å²) >= 11 is 6.33. The predicted molar refractivity (Wildman–Crippen MR) is 129 cm³/mol. The summed E-state index contributed by atoms with van der Waals surface area (Å²) in [6.45, 7) is 4.10. The van der Waals surface area contributed by atoms with Crippen LogP contribution in [-0.4, -0.2) is 41.5 Å². The lowest BCUT2D eigenvalue weighted by molar-refractivity contribution is 0.415. The summed E-state index contributed by atoms with van der Waals surface area (Å²) in [5.41, 5.74) is 1.65. The minimum atomic E-state index is -3.52. The number of ether oxygens (including phenoxy) is 1. The zero-order chi connectivity index (χ0) is 23.8. The van der Waals surface area contributed by atoms with E-state index in [2.05, 4.69) is 37.3 Å². The number of hydrogen-bond acceptors (Lipinski definition) is 8. The number of aryl methyl sites for hydroxylation is 1. The molecule has 4 rings (SSSR count). The highest BCUT2D eigenvalue weighted by molar-refractivity contribution is 7.92. The first-order valence-electron chi connectivity index (χ1n) is 10.4. The minimum absolute atomic E-state index is 0.273. The number of benzene rings is 1. The van der Waals surface area contributed by atoms with Gasteiger partial charge in [-0.2, -0.15) is 10.1 Å². The van der Waals surface area contributed by atoms with Gasteiger partial charge in [-0.15, -0.1) is 0 Å². The van der Waals surface area contributed by atoms with E-state index in [4.69, 9.17) is 16.3 Å². The topological polar surface area (TPSA) is 123 Å². The van der Waals surface area contributed by atoms with Gasteiger partial charge >= 0.3 is 0 Å². The molecule has 0 aliphatic heterocycles. The Bertz CT molecular complexity index is 1270. The highest BCUT2D eigenvalue weighted by Crippen LogP contribution is 2.40. The zero-order valence-corrected chi connectivity index (χ0v) is 20.3. The summed E-state index contributed by atoms with van der Waals surface area (Å²) < 4.78 is 33.3. The number of hydrogen-bond donors (Lipinski definition) is 3. The van der Waals surface area contributed by atoms with Crippen molar-refractivity contribution in [2.24, 2.45) is 5.92 Å². The van der Waals surface area contributed by atoms with Crippen molar-refractivity contribution in [1.82, 2.24) is 19.7 Å². The van der Waals surface area contributed by atoms with E-state index in [9.17, 15) is 8.42 Å². The maximum absolute atomic E-state index is 11.8. The molecule has 1 unspecified atom stereocenters. The van der Waals surface area contributed by atoms with E-state index in [1.54, 1.807) is 18.2 Å². The van der Waals surface area contributed by atoms with Gasteiger partial charge in [0.15, 0.2) is 5.82 Å². The Kier molecular flexibility index (Phi) is 6.35. The molecule has 12 heteroatoms. The molecule has 0 amide bonds. The first-order chi connectivity index (χ1) is 15.6. The molecule has 0 spiro atoms. The summed E-state index contributed by atoms with van der Waals surface area (Å²) in [6, 6.07) is 7.16. The van der Waals surface area contributed by atoms with E-state index in [0.29, 0.717) is 34.8 Å². The Morgan fingerprint density at radius 3 is 2.64 bits per heavy atom. The van der Waals surface area contributed by atoms with Crippen LogP contribution < -0.4 is 20.1 Å². The van der Waals surface area contributed by atoms with Gasteiger partial charge in [-0.25, -0.2) is 18.1 Å². The zero-order valence-electron chi connectivity index (χ0n) is 18.8. The molecule has 0 radical (unpaired) electrons. The summed E-state index contributed by atoms with van der Waals surface area (Å²) in [7, 11) is -2.02. The molecule has 33 heavy (non-hydrogen) atoms. The minimum Gasteiger partial charge on any atom is -0.497 e. The van der Waals surface area contributed by atoms with Gasteiger partial charge in [-0.05, 0) is 44.7 Å². The van der Waals surface area contributed by atoms with Crippen LogP contribution in [0.3, 0.4) is 0 Å². The summed E-state index contributed by atoms with van der Waals surface area (Å²) in [4.78, 5) is 8.79. The van der Waals surface area contributed by atoms with Gasteiger partial charge in [0.2, 0.25) is 16.0 Å². The second-order valence-corrected chi connectivity index (χ2v) is 10.3. The summed E-state index contributed by atoms with van der Waals surface area (Å²) in [5, 5.41) is 11.2. The molecule has 1 aromatic carbocycles. The Balaban J connectivity index is 1.62. The standard InChI is InChI=1S/C21H26ClN7O3S/c1-12-9-19(29(27-12)13(2)14-5-6-14)25-21-23-11-16(22)20(26-21)24-17-8-7-15(32-3)10-18(17)28-33(4,30)31/h7-11,13-14,28H,5-6H2,1-4H3,(H2,23,24,25,26). The fourth-order valence-electron chi connectivity index (χ4n) is 3.50. The maximum atomic E-state index is 11.8. The van der Waals surface area contributed by atoms with Gasteiger partial charge < -0.3 is 15.4 Å². The Labute approximate surface area is 197 Å². The molecule has 176 valence electrons. The second-order valence-electron chi connectivity index (χ2n) is 8.12. The molecule has 3 aromatic rings. The van der Waals surface area contributed by atoms with Crippen LogP contribution in [0.5, 0.6) is 5.75 Å². The molecule has 3 N–H and O–H groups in total. The quantitative estimate of drug-likeness (QED) is 0.400. The van der Waals surface area contributed by atoms with Crippen LogP contribution in [0.25, 0.3) is 0 Å².